The van der Waals surface area contributed by atoms with E-state index in [1.54, 1.807) is 6.07 Å². The molecule has 0 amide bonds. The van der Waals surface area contributed by atoms with E-state index < -0.39 is 8.07 Å². The van der Waals surface area contributed by atoms with Crippen LogP contribution in [0.4, 0.5) is 0 Å². The van der Waals surface area contributed by atoms with Gasteiger partial charge in [-0.25, -0.2) is 0 Å². The van der Waals surface area contributed by atoms with Crippen LogP contribution in [0.5, 0.6) is 0 Å². The summed E-state index contributed by atoms with van der Waals surface area (Å²) in [6.07, 6.45) is 0.325. The van der Waals surface area contributed by atoms with Crippen molar-refractivity contribution < 1.29 is 4.79 Å². The van der Waals surface area contributed by atoms with Gasteiger partial charge in [-0.1, -0.05) is 51.7 Å². The summed E-state index contributed by atoms with van der Waals surface area (Å²) >= 11 is 0. The highest BCUT2D eigenvalue weighted by atomic mass is 28.3. The van der Waals surface area contributed by atoms with Crippen LogP contribution in [0.25, 0.3) is 0 Å². The number of rotatable bonds is 6. The van der Waals surface area contributed by atoms with E-state index in [1.807, 2.05) is 6.92 Å². The van der Waals surface area contributed by atoms with Crippen molar-refractivity contribution in [3.8, 4) is 6.07 Å². The normalized spacial score (nSPS) is 13.9. The topological polar surface area (TPSA) is 40.9 Å². The number of nitriles is 1. The van der Waals surface area contributed by atoms with Gasteiger partial charge in [-0.2, -0.15) is 5.26 Å². The predicted octanol–water partition coefficient (Wildman–Crippen LogP) is 4.03. The molecule has 17 heavy (non-hydrogen) atoms. The van der Waals surface area contributed by atoms with Crippen molar-refractivity contribution in [3.05, 3.63) is 12.2 Å². The molecule has 0 aromatic heterocycles. The van der Waals surface area contributed by atoms with Gasteiger partial charge < -0.3 is 0 Å². The van der Waals surface area contributed by atoms with Crippen LogP contribution < -0.4 is 0 Å². The fraction of sp³-hybridized carbons (Fsp3) is 0.714. The molecule has 0 spiro atoms. The van der Waals surface area contributed by atoms with Crippen molar-refractivity contribution in [2.24, 2.45) is 11.3 Å². The summed E-state index contributed by atoms with van der Waals surface area (Å²) < 4.78 is 0. The minimum Gasteiger partial charge on any atom is -0.283 e. The lowest BCUT2D eigenvalue weighted by Gasteiger charge is -2.37. The third-order valence-corrected chi connectivity index (χ3v) is 4.73. The highest BCUT2D eigenvalue weighted by molar-refractivity contribution is 6.76. The monoisotopic (exact) mass is 251 g/mol. The van der Waals surface area contributed by atoms with Crippen molar-refractivity contribution in [2.45, 2.75) is 52.9 Å². The average molecular weight is 251 g/mol. The lowest BCUT2D eigenvalue weighted by Crippen LogP contribution is -2.34. The van der Waals surface area contributed by atoms with Gasteiger partial charge in [0.05, 0.1) is 0 Å². The van der Waals surface area contributed by atoms with Crippen LogP contribution in [0.15, 0.2) is 12.2 Å². The molecule has 0 radical (unpaired) electrons. The standard InChI is InChI=1S/C14H25NOSi/c1-11(2)13(10-17(5,6)7)14(3,4)8-12(16)9-15/h13H,1,8,10H2,2-7H3. The number of hydrogen-bond acceptors (Lipinski definition) is 2. The lowest BCUT2D eigenvalue weighted by atomic mass is 9.73. The van der Waals surface area contributed by atoms with E-state index >= 15 is 0 Å². The van der Waals surface area contributed by atoms with Gasteiger partial charge in [0, 0.05) is 14.5 Å². The van der Waals surface area contributed by atoms with Gasteiger partial charge in [0.15, 0.2) is 0 Å². The predicted molar refractivity (Wildman–Crippen MR) is 75.5 cm³/mol. The Labute approximate surface area is 107 Å². The SMILES string of the molecule is C=C(C)C(C[Si](C)(C)C)C(C)(C)CC(=O)C#N. The van der Waals surface area contributed by atoms with E-state index in [0.29, 0.717) is 12.3 Å². The third kappa shape index (κ3) is 5.83. The smallest absolute Gasteiger partial charge is 0.232 e. The van der Waals surface area contributed by atoms with E-state index in [-0.39, 0.29) is 11.2 Å². The molecular formula is C14H25NOSi. The number of hydrogen-bond donors (Lipinski definition) is 0. The van der Waals surface area contributed by atoms with Crippen LogP contribution in [0.3, 0.4) is 0 Å². The van der Waals surface area contributed by atoms with Crippen LogP contribution in [-0.2, 0) is 4.79 Å². The average Bonchev–Trinajstić information content (AvgIpc) is 2.11. The molecule has 0 aliphatic carbocycles. The first kappa shape index (κ1) is 16.1. The summed E-state index contributed by atoms with van der Waals surface area (Å²) in [5.74, 6) is 0.00305. The minimum atomic E-state index is -1.21. The molecule has 0 aromatic carbocycles. The summed E-state index contributed by atoms with van der Waals surface area (Å²) in [5.41, 5.74) is 0.960. The van der Waals surface area contributed by atoms with Crippen LogP contribution >= 0.6 is 0 Å². The number of carbonyl (C=O) groups excluding carboxylic acids is 1. The summed E-state index contributed by atoms with van der Waals surface area (Å²) in [4.78, 5) is 11.3. The van der Waals surface area contributed by atoms with E-state index in [1.165, 1.54) is 0 Å². The molecule has 0 aliphatic heterocycles. The number of allylic oxidation sites excluding steroid dienone is 1. The van der Waals surface area contributed by atoms with E-state index in [4.69, 9.17) is 5.26 Å². The number of ketones is 1. The maximum absolute atomic E-state index is 11.3. The first-order valence-electron chi connectivity index (χ1n) is 6.08. The Hall–Kier alpha value is -0.883. The first-order chi connectivity index (χ1) is 7.49. The maximum atomic E-state index is 11.3. The molecule has 96 valence electrons. The van der Waals surface area contributed by atoms with Crippen molar-refractivity contribution >= 4 is 13.9 Å². The maximum Gasteiger partial charge on any atom is 0.232 e. The van der Waals surface area contributed by atoms with Crippen molar-refractivity contribution in [2.75, 3.05) is 0 Å². The molecule has 0 saturated heterocycles. The molecule has 2 nitrogen and oxygen atoms in total. The number of Topliss-reactive ketones (excluding diaryl/α,β-unsaturated/α-hetero) is 1. The number of carbonyl (C=O) groups is 1. The van der Waals surface area contributed by atoms with Gasteiger partial charge in [0.2, 0.25) is 5.78 Å². The van der Waals surface area contributed by atoms with Gasteiger partial charge in [-0.15, -0.1) is 0 Å². The second kappa shape index (κ2) is 5.64. The fourth-order valence-corrected chi connectivity index (χ4v) is 4.43. The molecule has 1 atom stereocenters. The van der Waals surface area contributed by atoms with E-state index in [2.05, 4.69) is 40.1 Å². The second-order valence-corrected chi connectivity index (χ2v) is 12.4. The van der Waals surface area contributed by atoms with E-state index in [9.17, 15) is 4.79 Å². The van der Waals surface area contributed by atoms with E-state index in [0.717, 1.165) is 11.6 Å². The van der Waals surface area contributed by atoms with Gasteiger partial charge in [0.1, 0.15) is 6.07 Å². The van der Waals surface area contributed by atoms with Crippen LogP contribution in [0, 0.1) is 22.7 Å². The zero-order valence-corrected chi connectivity index (χ0v) is 13.1. The highest BCUT2D eigenvalue weighted by Crippen LogP contribution is 2.40. The quantitative estimate of drug-likeness (QED) is 0.406. The van der Waals surface area contributed by atoms with Crippen LogP contribution in [0.2, 0.25) is 25.7 Å². The van der Waals surface area contributed by atoms with Gasteiger partial charge in [-0.3, -0.25) is 4.79 Å². The van der Waals surface area contributed by atoms with Gasteiger partial charge in [0.25, 0.3) is 0 Å². The first-order valence-corrected chi connectivity index (χ1v) is 9.78. The molecule has 0 bridgehead atoms. The molecule has 0 heterocycles. The molecule has 0 N–H and O–H groups in total. The molecule has 0 aliphatic rings. The fourth-order valence-electron chi connectivity index (χ4n) is 2.31. The Morgan fingerprint density at radius 1 is 1.41 bits per heavy atom. The molecular weight excluding hydrogens is 226 g/mol. The summed E-state index contributed by atoms with van der Waals surface area (Å²) in [7, 11) is -1.21. The number of nitrogens with zero attached hydrogens (tertiary/aromatic N) is 1. The summed E-state index contributed by atoms with van der Waals surface area (Å²) in [6.45, 7) is 17.2. The van der Waals surface area contributed by atoms with Crippen molar-refractivity contribution in [1.82, 2.24) is 0 Å². The van der Waals surface area contributed by atoms with Gasteiger partial charge in [-0.05, 0) is 18.3 Å². The molecule has 3 heteroatoms. The molecule has 0 aromatic rings. The van der Waals surface area contributed by atoms with Crippen molar-refractivity contribution in [1.29, 1.82) is 5.26 Å². The van der Waals surface area contributed by atoms with Crippen LogP contribution in [-0.4, -0.2) is 13.9 Å². The zero-order valence-electron chi connectivity index (χ0n) is 12.1. The summed E-state index contributed by atoms with van der Waals surface area (Å²) in [6, 6.07) is 2.84. The minimum absolute atomic E-state index is 0.168. The third-order valence-electron chi connectivity index (χ3n) is 3.10. The second-order valence-electron chi connectivity index (χ2n) is 6.86. The highest BCUT2D eigenvalue weighted by Gasteiger charge is 2.35. The molecule has 0 rings (SSSR count). The van der Waals surface area contributed by atoms with Crippen molar-refractivity contribution in [3.63, 3.8) is 0 Å². The Morgan fingerprint density at radius 2 is 1.88 bits per heavy atom. The Balaban J connectivity index is 4.99. The largest absolute Gasteiger partial charge is 0.283 e. The summed E-state index contributed by atoms with van der Waals surface area (Å²) in [5, 5.41) is 8.64. The Bertz CT molecular complexity index is 344. The Kier molecular flexibility index (Phi) is 5.34. The molecule has 0 saturated carbocycles. The van der Waals surface area contributed by atoms with Gasteiger partial charge >= 0.3 is 0 Å². The van der Waals surface area contributed by atoms with Crippen LogP contribution in [0.1, 0.15) is 27.2 Å². The molecule has 1 unspecified atom stereocenters. The molecule has 0 fully saturated rings. The zero-order chi connectivity index (χ0) is 13.9. The lowest BCUT2D eigenvalue weighted by molar-refractivity contribution is -0.116. The Morgan fingerprint density at radius 3 is 2.18 bits per heavy atom.